The second-order valence-electron chi connectivity index (χ2n) is 5.23. The Labute approximate surface area is 144 Å². The number of carbonyl (C=O) groups excluding carboxylic acids is 1. The summed E-state index contributed by atoms with van der Waals surface area (Å²) in [6, 6.07) is 0.0979. The Morgan fingerprint density at radius 1 is 1.42 bits per heavy atom. The van der Waals surface area contributed by atoms with E-state index in [1.165, 1.54) is 0 Å². The van der Waals surface area contributed by atoms with Crippen LogP contribution < -0.4 is 11.1 Å². The fraction of sp³-hybridized carbons (Fsp3) is 0.500. The highest BCUT2D eigenvalue weighted by atomic mass is 35.5. The van der Waals surface area contributed by atoms with Gasteiger partial charge in [0.1, 0.15) is 10.0 Å². The maximum Gasteiger partial charge on any atom is 0.282 e. The Hall–Kier alpha value is -2.01. The summed E-state index contributed by atoms with van der Waals surface area (Å²) in [5, 5.41) is 9.23. The lowest BCUT2D eigenvalue weighted by molar-refractivity contribution is 0.0718. The van der Waals surface area contributed by atoms with Gasteiger partial charge in [0.15, 0.2) is 5.01 Å². The average Bonchev–Trinajstić information content (AvgIpc) is 3.13. The number of thiazole rings is 1. The number of nitrogen functional groups attached to an aromatic ring is 1. The Bertz CT molecular complexity index is 729. The van der Waals surface area contributed by atoms with Gasteiger partial charge in [-0.15, -0.1) is 16.4 Å². The summed E-state index contributed by atoms with van der Waals surface area (Å²) in [5.74, 6) is 0.251. The zero-order valence-electron chi connectivity index (χ0n) is 12.3. The molecule has 130 valence electrons. The number of aromatic amines is 1. The predicted octanol–water partition coefficient (Wildman–Crippen LogP) is 2.15. The first-order valence-corrected chi connectivity index (χ1v) is 8.31. The fourth-order valence-corrected chi connectivity index (χ4v) is 3.54. The highest BCUT2D eigenvalue weighted by Gasteiger charge is 2.28. The van der Waals surface area contributed by atoms with E-state index in [9.17, 15) is 13.6 Å². The van der Waals surface area contributed by atoms with Crippen LogP contribution in [0.25, 0.3) is 0 Å². The van der Waals surface area contributed by atoms with Crippen LogP contribution in [0.4, 0.5) is 20.7 Å². The lowest BCUT2D eigenvalue weighted by atomic mass is 10.1. The Morgan fingerprint density at radius 3 is 2.67 bits per heavy atom. The van der Waals surface area contributed by atoms with Crippen molar-refractivity contribution in [2.45, 2.75) is 25.3 Å². The molecule has 0 aromatic carbocycles. The van der Waals surface area contributed by atoms with Gasteiger partial charge in [-0.05, 0) is 12.8 Å². The second-order valence-corrected chi connectivity index (χ2v) is 6.62. The van der Waals surface area contributed by atoms with E-state index >= 15 is 0 Å². The maximum atomic E-state index is 12.7. The standard InChI is InChI=1S/C12H14ClF2N7OS/c13-7-6(8(14)15)24-9(18-7)10(23)22-3-1-5(2-4-22)17-12-19-11(16)20-21-12/h5,8H,1-4H2,(H4,16,17,19,20,21). The third-order valence-electron chi connectivity index (χ3n) is 3.61. The molecule has 1 amide bonds. The predicted molar refractivity (Wildman–Crippen MR) is 85.4 cm³/mol. The Kier molecular flexibility index (Phi) is 4.81. The summed E-state index contributed by atoms with van der Waals surface area (Å²) < 4.78 is 25.5. The van der Waals surface area contributed by atoms with Crippen molar-refractivity contribution in [3.05, 3.63) is 15.0 Å². The number of nitrogens with zero attached hydrogens (tertiary/aromatic N) is 4. The van der Waals surface area contributed by atoms with Crippen molar-refractivity contribution < 1.29 is 13.6 Å². The molecular formula is C12H14ClF2N7OS. The van der Waals surface area contributed by atoms with Gasteiger partial charge in [0.25, 0.3) is 12.3 Å². The number of anilines is 2. The normalized spacial score (nSPS) is 15.9. The molecule has 12 heteroatoms. The first-order chi connectivity index (χ1) is 11.4. The lowest BCUT2D eigenvalue weighted by Crippen LogP contribution is -2.42. The fourth-order valence-electron chi connectivity index (χ4n) is 2.42. The van der Waals surface area contributed by atoms with E-state index in [4.69, 9.17) is 17.3 Å². The number of hydrogen-bond donors (Lipinski definition) is 3. The van der Waals surface area contributed by atoms with Gasteiger partial charge in [-0.2, -0.15) is 4.98 Å². The highest BCUT2D eigenvalue weighted by Crippen LogP contribution is 2.33. The van der Waals surface area contributed by atoms with Gasteiger partial charge < -0.3 is 16.0 Å². The van der Waals surface area contributed by atoms with Crippen LogP contribution in [-0.2, 0) is 0 Å². The van der Waals surface area contributed by atoms with Crippen LogP contribution in [0, 0.1) is 0 Å². The molecule has 1 aliphatic rings. The molecule has 1 saturated heterocycles. The molecule has 0 radical (unpaired) electrons. The number of nitrogens with two attached hydrogens (primary N) is 1. The van der Waals surface area contributed by atoms with Gasteiger partial charge in [0.2, 0.25) is 11.9 Å². The Balaban J connectivity index is 1.58. The number of carbonyl (C=O) groups is 1. The molecule has 0 unspecified atom stereocenters. The minimum atomic E-state index is -2.74. The monoisotopic (exact) mass is 377 g/mol. The topological polar surface area (TPSA) is 113 Å². The zero-order chi connectivity index (χ0) is 17.3. The van der Waals surface area contributed by atoms with E-state index < -0.39 is 6.43 Å². The maximum absolute atomic E-state index is 12.7. The first-order valence-electron chi connectivity index (χ1n) is 7.12. The molecule has 2 aromatic rings. The molecule has 0 spiro atoms. The molecule has 1 fully saturated rings. The number of piperidine rings is 1. The number of amides is 1. The number of aromatic nitrogens is 4. The van der Waals surface area contributed by atoms with Crippen LogP contribution in [0.2, 0.25) is 5.15 Å². The van der Waals surface area contributed by atoms with Crippen LogP contribution in [0.15, 0.2) is 0 Å². The lowest BCUT2D eigenvalue weighted by Gasteiger charge is -2.31. The molecule has 0 atom stereocenters. The molecule has 8 nitrogen and oxygen atoms in total. The summed E-state index contributed by atoms with van der Waals surface area (Å²) in [6.45, 7) is 0.940. The van der Waals surface area contributed by atoms with Crippen LogP contribution in [0.5, 0.6) is 0 Å². The highest BCUT2D eigenvalue weighted by molar-refractivity contribution is 7.14. The van der Waals surface area contributed by atoms with Gasteiger partial charge >= 0.3 is 0 Å². The summed E-state index contributed by atoms with van der Waals surface area (Å²) >= 11 is 6.29. The molecule has 24 heavy (non-hydrogen) atoms. The number of alkyl halides is 2. The third-order valence-corrected chi connectivity index (χ3v) is 5.06. The Morgan fingerprint density at radius 2 is 2.12 bits per heavy atom. The quantitative estimate of drug-likeness (QED) is 0.752. The van der Waals surface area contributed by atoms with Gasteiger partial charge in [-0.3, -0.25) is 4.79 Å². The molecule has 3 heterocycles. The van der Waals surface area contributed by atoms with Crippen LogP contribution in [-0.4, -0.2) is 50.1 Å². The van der Waals surface area contributed by atoms with Crippen LogP contribution in [0.3, 0.4) is 0 Å². The van der Waals surface area contributed by atoms with E-state index in [1.807, 2.05) is 0 Å². The number of nitrogens with one attached hydrogen (secondary N) is 2. The van der Waals surface area contributed by atoms with E-state index in [0.717, 1.165) is 0 Å². The molecule has 3 rings (SSSR count). The van der Waals surface area contributed by atoms with E-state index in [0.29, 0.717) is 43.2 Å². The van der Waals surface area contributed by atoms with Crippen LogP contribution >= 0.6 is 22.9 Å². The second kappa shape index (κ2) is 6.85. The van der Waals surface area contributed by atoms with Gasteiger partial charge in [-0.1, -0.05) is 11.6 Å². The van der Waals surface area contributed by atoms with Crippen molar-refractivity contribution >= 4 is 40.7 Å². The van der Waals surface area contributed by atoms with Crippen molar-refractivity contribution in [2.24, 2.45) is 0 Å². The van der Waals surface area contributed by atoms with Gasteiger partial charge in [0, 0.05) is 19.1 Å². The third kappa shape index (κ3) is 3.56. The summed E-state index contributed by atoms with van der Waals surface area (Å²) in [6.07, 6.45) is -1.40. The van der Waals surface area contributed by atoms with E-state index in [-0.39, 0.29) is 32.9 Å². The number of H-pyrrole nitrogens is 1. The van der Waals surface area contributed by atoms with Crippen molar-refractivity contribution in [1.82, 2.24) is 25.1 Å². The zero-order valence-corrected chi connectivity index (χ0v) is 13.9. The molecular weight excluding hydrogens is 364 g/mol. The van der Waals surface area contributed by atoms with Crippen molar-refractivity contribution in [1.29, 1.82) is 0 Å². The SMILES string of the molecule is Nc1nc(NC2CCN(C(=O)c3nc(Cl)c(C(F)F)s3)CC2)n[nH]1. The van der Waals surface area contributed by atoms with Gasteiger partial charge in [0.05, 0.1) is 0 Å². The molecule has 0 aliphatic carbocycles. The van der Waals surface area contributed by atoms with E-state index in [2.05, 4.69) is 25.5 Å². The largest absolute Gasteiger partial charge is 0.368 e. The first kappa shape index (κ1) is 16.8. The van der Waals surface area contributed by atoms with E-state index in [1.54, 1.807) is 4.90 Å². The van der Waals surface area contributed by atoms with Crippen molar-refractivity contribution in [2.75, 3.05) is 24.1 Å². The van der Waals surface area contributed by atoms with Crippen molar-refractivity contribution in [3.63, 3.8) is 0 Å². The number of hydrogen-bond acceptors (Lipinski definition) is 7. The summed E-state index contributed by atoms with van der Waals surface area (Å²) in [7, 11) is 0. The number of halogens is 3. The van der Waals surface area contributed by atoms with Crippen molar-refractivity contribution in [3.8, 4) is 0 Å². The summed E-state index contributed by atoms with van der Waals surface area (Å²) in [4.78, 5) is 21.3. The van der Waals surface area contributed by atoms with Crippen LogP contribution in [0.1, 0.15) is 33.9 Å². The molecule has 2 aromatic heterocycles. The number of rotatable bonds is 4. The number of likely N-dealkylation sites (tertiary alicyclic amines) is 1. The minimum Gasteiger partial charge on any atom is -0.368 e. The average molecular weight is 378 g/mol. The minimum absolute atomic E-state index is 0.0107. The molecule has 0 saturated carbocycles. The summed E-state index contributed by atoms with van der Waals surface area (Å²) in [5.41, 5.74) is 5.45. The molecule has 4 N–H and O–H groups in total. The van der Waals surface area contributed by atoms with Gasteiger partial charge in [-0.25, -0.2) is 18.9 Å². The molecule has 0 bridgehead atoms. The smallest absolute Gasteiger partial charge is 0.282 e. The molecule has 1 aliphatic heterocycles.